The number of nitrogens with zero attached hydrogens (tertiary/aromatic N) is 1. The summed E-state index contributed by atoms with van der Waals surface area (Å²) in [6.45, 7) is 0.755. The first-order valence-corrected chi connectivity index (χ1v) is 6.79. The molecule has 0 saturated carbocycles. The van der Waals surface area contributed by atoms with Gasteiger partial charge in [-0.1, -0.05) is 15.9 Å². The summed E-state index contributed by atoms with van der Waals surface area (Å²) in [6, 6.07) is 14.6. The Hall–Kier alpha value is -2.19. The van der Waals surface area contributed by atoms with Crippen LogP contribution in [0.5, 0.6) is 11.5 Å². The molecule has 0 aliphatic carbocycles. The number of nitriles is 1. The third kappa shape index (κ3) is 3.90. The Morgan fingerprint density at radius 3 is 2.45 bits per heavy atom. The Labute approximate surface area is 125 Å². The van der Waals surface area contributed by atoms with Gasteiger partial charge in [-0.2, -0.15) is 5.26 Å². The van der Waals surface area contributed by atoms with Gasteiger partial charge in [0.15, 0.2) is 0 Å². The van der Waals surface area contributed by atoms with Gasteiger partial charge in [-0.25, -0.2) is 0 Å². The molecule has 0 amide bonds. The maximum Gasteiger partial charge on any atom is 0.137 e. The molecule has 102 valence electrons. The van der Waals surface area contributed by atoms with Crippen molar-refractivity contribution in [1.29, 1.82) is 5.26 Å². The third-order valence-electron chi connectivity index (χ3n) is 2.55. The molecule has 0 radical (unpaired) electrons. The van der Waals surface area contributed by atoms with E-state index in [1.54, 1.807) is 18.2 Å². The van der Waals surface area contributed by atoms with Gasteiger partial charge in [0, 0.05) is 10.2 Å². The Morgan fingerprint density at radius 2 is 1.75 bits per heavy atom. The van der Waals surface area contributed by atoms with Crippen molar-refractivity contribution in [2.75, 3.05) is 18.9 Å². The second-order valence-electron chi connectivity index (χ2n) is 4.02. The fraction of sp³-hybridized carbons (Fsp3) is 0.133. The summed E-state index contributed by atoms with van der Waals surface area (Å²) in [7, 11) is 0. The fourth-order valence-electron chi connectivity index (χ4n) is 1.60. The number of anilines is 1. The molecule has 2 rings (SSSR count). The van der Waals surface area contributed by atoms with Gasteiger partial charge in [0.2, 0.25) is 0 Å². The molecule has 0 heterocycles. The van der Waals surface area contributed by atoms with Crippen molar-refractivity contribution in [2.24, 2.45) is 0 Å². The van der Waals surface area contributed by atoms with Gasteiger partial charge in [0.05, 0.1) is 5.56 Å². The lowest BCUT2D eigenvalue weighted by Crippen LogP contribution is -2.09. The van der Waals surface area contributed by atoms with E-state index in [9.17, 15) is 0 Å². The molecule has 0 bridgehead atoms. The lowest BCUT2D eigenvalue weighted by molar-refractivity contribution is 0.217. The molecule has 0 unspecified atom stereocenters. The first kappa shape index (κ1) is 14.2. The SMILES string of the molecule is N#Cc1cc(N)ccc1OCCOc1ccc(Br)cc1. The lowest BCUT2D eigenvalue weighted by Gasteiger charge is -2.09. The molecule has 0 fully saturated rings. The van der Waals surface area contributed by atoms with Gasteiger partial charge in [-0.05, 0) is 42.5 Å². The summed E-state index contributed by atoms with van der Waals surface area (Å²) in [5.41, 5.74) is 6.58. The number of rotatable bonds is 5. The Bertz CT molecular complexity index is 621. The van der Waals surface area contributed by atoms with Crippen LogP contribution < -0.4 is 15.2 Å². The van der Waals surface area contributed by atoms with E-state index in [1.807, 2.05) is 24.3 Å². The summed E-state index contributed by atoms with van der Waals surface area (Å²) < 4.78 is 12.0. The molecule has 0 aliphatic rings. The van der Waals surface area contributed by atoms with Crippen molar-refractivity contribution < 1.29 is 9.47 Å². The Morgan fingerprint density at radius 1 is 1.05 bits per heavy atom. The van der Waals surface area contributed by atoms with E-state index in [4.69, 9.17) is 20.5 Å². The minimum absolute atomic E-state index is 0.356. The van der Waals surface area contributed by atoms with E-state index in [0.29, 0.717) is 30.2 Å². The van der Waals surface area contributed by atoms with Gasteiger partial charge in [-0.15, -0.1) is 0 Å². The van der Waals surface area contributed by atoms with E-state index in [0.717, 1.165) is 10.2 Å². The lowest BCUT2D eigenvalue weighted by atomic mass is 10.2. The van der Waals surface area contributed by atoms with Crippen molar-refractivity contribution in [3.05, 3.63) is 52.5 Å². The van der Waals surface area contributed by atoms with E-state index >= 15 is 0 Å². The number of ether oxygens (including phenoxy) is 2. The minimum atomic E-state index is 0.356. The van der Waals surface area contributed by atoms with Crippen LogP contribution in [0.2, 0.25) is 0 Å². The summed E-state index contributed by atoms with van der Waals surface area (Å²) >= 11 is 3.36. The monoisotopic (exact) mass is 332 g/mol. The average molecular weight is 333 g/mol. The predicted octanol–water partition coefficient (Wildman–Crippen LogP) is 3.36. The van der Waals surface area contributed by atoms with Crippen molar-refractivity contribution in [3.8, 4) is 17.6 Å². The molecule has 0 atom stereocenters. The topological polar surface area (TPSA) is 68.3 Å². The first-order valence-electron chi connectivity index (χ1n) is 6.00. The first-order chi connectivity index (χ1) is 9.69. The zero-order valence-electron chi connectivity index (χ0n) is 10.7. The van der Waals surface area contributed by atoms with Crippen LogP contribution in [0, 0.1) is 11.3 Å². The van der Waals surface area contributed by atoms with Gasteiger partial charge in [0.25, 0.3) is 0 Å². The zero-order valence-corrected chi connectivity index (χ0v) is 12.3. The van der Waals surface area contributed by atoms with Crippen LogP contribution >= 0.6 is 15.9 Å². The van der Waals surface area contributed by atoms with Crippen LogP contribution in [-0.4, -0.2) is 13.2 Å². The summed E-state index contributed by atoms with van der Waals surface area (Å²) in [5, 5.41) is 8.98. The summed E-state index contributed by atoms with van der Waals surface area (Å²) in [6.07, 6.45) is 0. The molecule has 5 heteroatoms. The molecule has 0 saturated heterocycles. The number of hydrogen-bond acceptors (Lipinski definition) is 4. The van der Waals surface area contributed by atoms with Crippen molar-refractivity contribution in [2.45, 2.75) is 0 Å². The highest BCUT2D eigenvalue weighted by Crippen LogP contribution is 2.20. The number of hydrogen-bond donors (Lipinski definition) is 1. The number of benzene rings is 2. The average Bonchev–Trinajstić information content (AvgIpc) is 2.46. The van der Waals surface area contributed by atoms with Crippen LogP contribution in [0.4, 0.5) is 5.69 Å². The highest BCUT2D eigenvalue weighted by atomic mass is 79.9. The smallest absolute Gasteiger partial charge is 0.137 e. The summed E-state index contributed by atoms with van der Waals surface area (Å²) in [4.78, 5) is 0. The van der Waals surface area contributed by atoms with Gasteiger partial charge in [0.1, 0.15) is 30.8 Å². The molecule has 2 N–H and O–H groups in total. The predicted molar refractivity (Wildman–Crippen MR) is 80.7 cm³/mol. The maximum absolute atomic E-state index is 8.98. The van der Waals surface area contributed by atoms with Crippen LogP contribution in [0.1, 0.15) is 5.56 Å². The molecule has 2 aromatic rings. The maximum atomic E-state index is 8.98. The van der Waals surface area contributed by atoms with Crippen molar-refractivity contribution >= 4 is 21.6 Å². The normalized spacial score (nSPS) is 9.80. The van der Waals surface area contributed by atoms with Crippen LogP contribution in [-0.2, 0) is 0 Å². The van der Waals surface area contributed by atoms with Gasteiger partial charge >= 0.3 is 0 Å². The van der Waals surface area contributed by atoms with E-state index in [2.05, 4.69) is 22.0 Å². The van der Waals surface area contributed by atoms with E-state index in [1.165, 1.54) is 0 Å². The second-order valence-corrected chi connectivity index (χ2v) is 4.93. The largest absolute Gasteiger partial charge is 0.490 e. The van der Waals surface area contributed by atoms with Gasteiger partial charge in [-0.3, -0.25) is 0 Å². The molecule has 0 spiro atoms. The van der Waals surface area contributed by atoms with Crippen molar-refractivity contribution in [1.82, 2.24) is 0 Å². The molecule has 2 aromatic carbocycles. The van der Waals surface area contributed by atoms with Crippen LogP contribution in [0.25, 0.3) is 0 Å². The van der Waals surface area contributed by atoms with E-state index in [-0.39, 0.29) is 0 Å². The van der Waals surface area contributed by atoms with E-state index < -0.39 is 0 Å². The Kier molecular flexibility index (Phi) is 4.85. The Balaban J connectivity index is 1.84. The number of halogens is 1. The summed E-state index contributed by atoms with van der Waals surface area (Å²) in [5.74, 6) is 1.29. The fourth-order valence-corrected chi connectivity index (χ4v) is 1.87. The minimum Gasteiger partial charge on any atom is -0.490 e. The van der Waals surface area contributed by atoms with Crippen molar-refractivity contribution in [3.63, 3.8) is 0 Å². The van der Waals surface area contributed by atoms with Gasteiger partial charge < -0.3 is 15.2 Å². The molecule has 20 heavy (non-hydrogen) atoms. The highest BCUT2D eigenvalue weighted by molar-refractivity contribution is 9.10. The molecule has 0 aromatic heterocycles. The molecule has 4 nitrogen and oxygen atoms in total. The molecular formula is C15H13BrN2O2. The highest BCUT2D eigenvalue weighted by Gasteiger charge is 2.03. The number of nitrogens with two attached hydrogens (primary N) is 1. The standard InChI is InChI=1S/C15H13BrN2O2/c16-12-1-4-14(5-2-12)19-7-8-20-15-6-3-13(18)9-11(15)10-17/h1-6,9H,7-8,18H2. The van der Waals surface area contributed by atoms with Crippen LogP contribution in [0.15, 0.2) is 46.9 Å². The molecular weight excluding hydrogens is 320 g/mol. The van der Waals surface area contributed by atoms with Crippen LogP contribution in [0.3, 0.4) is 0 Å². The third-order valence-corrected chi connectivity index (χ3v) is 3.08. The zero-order chi connectivity index (χ0) is 14.4. The number of nitrogen functional groups attached to an aromatic ring is 1. The second kappa shape index (κ2) is 6.83. The quantitative estimate of drug-likeness (QED) is 0.673. The molecule has 0 aliphatic heterocycles.